The number of morpholine rings is 1. The minimum Gasteiger partial charge on any atom is -0.488 e. The summed E-state index contributed by atoms with van der Waals surface area (Å²) in [4.78, 5) is 25.4. The number of carbonyl (C=O) groups is 2. The average Bonchev–Trinajstić information content (AvgIpc) is 2.67. The number of amides is 1. The fourth-order valence-corrected chi connectivity index (χ4v) is 2.88. The van der Waals surface area contributed by atoms with Gasteiger partial charge in [0.15, 0.2) is 6.10 Å². The summed E-state index contributed by atoms with van der Waals surface area (Å²) in [6.45, 7) is 0.755. The Hall–Kier alpha value is -2.57. The summed E-state index contributed by atoms with van der Waals surface area (Å²) in [5, 5.41) is 9.69. The van der Waals surface area contributed by atoms with E-state index in [-0.39, 0.29) is 25.7 Å². The van der Waals surface area contributed by atoms with E-state index in [0.29, 0.717) is 22.9 Å². The number of carboxylic acid groups (broad SMARTS) is 1. The van der Waals surface area contributed by atoms with Gasteiger partial charge >= 0.3 is 5.97 Å². The maximum atomic E-state index is 12.8. The average molecular weight is 376 g/mol. The lowest BCUT2D eigenvalue weighted by atomic mass is 10.1. The van der Waals surface area contributed by atoms with Gasteiger partial charge in [0.25, 0.3) is 5.91 Å². The van der Waals surface area contributed by atoms with Crippen LogP contribution >= 0.6 is 11.6 Å². The standard InChI is InChI=1S/C19H18ClNO5/c20-15-7-3-1-5-13(15)12-26-16-8-4-2-6-14(16)18(22)21-9-10-25-17(11-21)19(23)24/h1-8,17H,9-12H2,(H,23,24). The minimum absolute atomic E-state index is 0.00696. The molecule has 1 atom stereocenters. The molecule has 1 amide bonds. The molecule has 2 aromatic rings. The van der Waals surface area contributed by atoms with Gasteiger partial charge in [-0.25, -0.2) is 4.79 Å². The van der Waals surface area contributed by atoms with Gasteiger partial charge in [-0.2, -0.15) is 0 Å². The largest absolute Gasteiger partial charge is 0.488 e. The third-order valence-corrected chi connectivity index (χ3v) is 4.46. The maximum absolute atomic E-state index is 12.8. The highest BCUT2D eigenvalue weighted by molar-refractivity contribution is 6.31. The Morgan fingerprint density at radius 3 is 2.69 bits per heavy atom. The first-order chi connectivity index (χ1) is 12.6. The van der Waals surface area contributed by atoms with Crippen LogP contribution < -0.4 is 4.74 Å². The van der Waals surface area contributed by atoms with E-state index in [1.165, 1.54) is 4.90 Å². The number of hydrogen-bond acceptors (Lipinski definition) is 4. The summed E-state index contributed by atoms with van der Waals surface area (Å²) in [6.07, 6.45) is -1.01. The van der Waals surface area contributed by atoms with Crippen LogP contribution in [0.5, 0.6) is 5.75 Å². The monoisotopic (exact) mass is 375 g/mol. The predicted octanol–water partition coefficient (Wildman–Crippen LogP) is 2.84. The van der Waals surface area contributed by atoms with Gasteiger partial charge in [-0.15, -0.1) is 0 Å². The number of ether oxygens (including phenoxy) is 2. The Bertz CT molecular complexity index is 810. The molecule has 0 spiro atoms. The molecule has 1 saturated heterocycles. The lowest BCUT2D eigenvalue weighted by molar-refractivity contribution is -0.154. The molecule has 1 aliphatic rings. The van der Waals surface area contributed by atoms with Crippen molar-refractivity contribution in [3.63, 3.8) is 0 Å². The van der Waals surface area contributed by atoms with E-state index in [1.807, 2.05) is 18.2 Å². The Balaban J connectivity index is 1.75. The third kappa shape index (κ3) is 4.15. The summed E-state index contributed by atoms with van der Waals surface area (Å²) < 4.78 is 11.0. The molecule has 0 radical (unpaired) electrons. The normalized spacial score (nSPS) is 17.0. The van der Waals surface area contributed by atoms with Crippen LogP contribution in [0.1, 0.15) is 15.9 Å². The first kappa shape index (κ1) is 18.2. The predicted molar refractivity (Wildman–Crippen MR) is 95.5 cm³/mol. The number of nitrogens with zero attached hydrogens (tertiary/aromatic N) is 1. The molecule has 0 aromatic heterocycles. The van der Waals surface area contributed by atoms with Crippen molar-refractivity contribution in [1.29, 1.82) is 0 Å². The van der Waals surface area contributed by atoms with Crippen LogP contribution in [-0.4, -0.2) is 47.7 Å². The molecule has 1 fully saturated rings. The van der Waals surface area contributed by atoms with E-state index in [1.54, 1.807) is 30.3 Å². The number of carboxylic acids is 1. The highest BCUT2D eigenvalue weighted by atomic mass is 35.5. The van der Waals surface area contributed by atoms with Crippen molar-refractivity contribution in [2.75, 3.05) is 19.7 Å². The van der Waals surface area contributed by atoms with E-state index >= 15 is 0 Å². The highest BCUT2D eigenvalue weighted by Crippen LogP contribution is 2.24. The summed E-state index contributed by atoms with van der Waals surface area (Å²) in [5.41, 5.74) is 1.19. The topological polar surface area (TPSA) is 76.1 Å². The molecule has 0 saturated carbocycles. The van der Waals surface area contributed by atoms with Crippen molar-refractivity contribution in [2.24, 2.45) is 0 Å². The second kappa shape index (κ2) is 8.21. The van der Waals surface area contributed by atoms with E-state index in [2.05, 4.69) is 0 Å². The van der Waals surface area contributed by atoms with E-state index in [9.17, 15) is 9.59 Å². The summed E-state index contributed by atoms with van der Waals surface area (Å²) in [7, 11) is 0. The quantitative estimate of drug-likeness (QED) is 0.869. The second-order valence-corrected chi connectivity index (χ2v) is 6.23. The molecule has 2 aromatic carbocycles. The Labute approximate surface area is 155 Å². The van der Waals surface area contributed by atoms with Crippen molar-refractivity contribution in [2.45, 2.75) is 12.7 Å². The van der Waals surface area contributed by atoms with Crippen molar-refractivity contribution in [3.05, 3.63) is 64.7 Å². The Morgan fingerprint density at radius 2 is 1.92 bits per heavy atom. The van der Waals surface area contributed by atoms with Crippen molar-refractivity contribution < 1.29 is 24.2 Å². The lowest BCUT2D eigenvalue weighted by Gasteiger charge is -2.31. The molecule has 1 heterocycles. The third-order valence-electron chi connectivity index (χ3n) is 4.09. The zero-order valence-electron chi connectivity index (χ0n) is 13.9. The molecule has 0 bridgehead atoms. The number of carbonyl (C=O) groups excluding carboxylic acids is 1. The van der Waals surface area contributed by atoms with Crippen LogP contribution in [0.2, 0.25) is 5.02 Å². The molecular formula is C19H18ClNO5. The fraction of sp³-hybridized carbons (Fsp3) is 0.263. The van der Waals surface area contributed by atoms with Crippen molar-refractivity contribution in [3.8, 4) is 5.75 Å². The van der Waals surface area contributed by atoms with E-state index in [4.69, 9.17) is 26.2 Å². The first-order valence-electron chi connectivity index (χ1n) is 8.15. The molecule has 136 valence electrons. The summed E-state index contributed by atoms with van der Waals surface area (Å²) in [6, 6.07) is 14.2. The molecule has 7 heteroatoms. The van der Waals surface area contributed by atoms with Crippen LogP contribution in [-0.2, 0) is 16.1 Å². The zero-order chi connectivity index (χ0) is 18.5. The van der Waals surface area contributed by atoms with Crippen LogP contribution in [0.25, 0.3) is 0 Å². The van der Waals surface area contributed by atoms with Crippen LogP contribution in [0, 0.1) is 0 Å². The smallest absolute Gasteiger partial charge is 0.334 e. The van der Waals surface area contributed by atoms with Gasteiger partial charge in [0.05, 0.1) is 18.7 Å². The number of hydrogen-bond donors (Lipinski definition) is 1. The number of benzene rings is 2. The molecule has 1 aliphatic heterocycles. The van der Waals surface area contributed by atoms with E-state index in [0.717, 1.165) is 5.56 Å². The SMILES string of the molecule is O=C(O)C1CN(C(=O)c2ccccc2OCc2ccccc2Cl)CCO1. The number of halogens is 1. The summed E-state index contributed by atoms with van der Waals surface area (Å²) >= 11 is 6.14. The van der Waals surface area contributed by atoms with Crippen molar-refractivity contribution in [1.82, 2.24) is 4.90 Å². The van der Waals surface area contributed by atoms with Gasteiger partial charge < -0.3 is 19.5 Å². The van der Waals surface area contributed by atoms with Gasteiger partial charge in [-0.3, -0.25) is 4.79 Å². The number of aliphatic carboxylic acids is 1. The molecule has 1 unspecified atom stereocenters. The molecule has 6 nitrogen and oxygen atoms in total. The molecular weight excluding hydrogens is 358 g/mol. The molecule has 0 aliphatic carbocycles. The van der Waals surface area contributed by atoms with Gasteiger partial charge in [-0.1, -0.05) is 41.9 Å². The Kier molecular flexibility index (Phi) is 5.75. The van der Waals surface area contributed by atoms with Crippen LogP contribution in [0.15, 0.2) is 48.5 Å². The van der Waals surface area contributed by atoms with Gasteiger partial charge in [0.1, 0.15) is 12.4 Å². The zero-order valence-corrected chi connectivity index (χ0v) is 14.7. The van der Waals surface area contributed by atoms with E-state index < -0.39 is 12.1 Å². The second-order valence-electron chi connectivity index (χ2n) is 5.83. The minimum atomic E-state index is -1.08. The maximum Gasteiger partial charge on any atom is 0.334 e. The number of rotatable bonds is 5. The van der Waals surface area contributed by atoms with Gasteiger partial charge in [-0.05, 0) is 18.2 Å². The first-order valence-corrected chi connectivity index (χ1v) is 8.53. The van der Waals surface area contributed by atoms with Crippen LogP contribution in [0.4, 0.5) is 0 Å². The molecule has 1 N–H and O–H groups in total. The Morgan fingerprint density at radius 1 is 1.19 bits per heavy atom. The lowest BCUT2D eigenvalue weighted by Crippen LogP contribution is -2.48. The molecule has 26 heavy (non-hydrogen) atoms. The highest BCUT2D eigenvalue weighted by Gasteiger charge is 2.30. The summed E-state index contributed by atoms with van der Waals surface area (Å²) in [5.74, 6) is -0.934. The fourth-order valence-electron chi connectivity index (χ4n) is 2.69. The van der Waals surface area contributed by atoms with Gasteiger partial charge in [0, 0.05) is 17.1 Å². The van der Waals surface area contributed by atoms with Crippen molar-refractivity contribution >= 4 is 23.5 Å². The molecule has 3 rings (SSSR count). The number of para-hydroxylation sites is 1. The van der Waals surface area contributed by atoms with Crippen LogP contribution in [0.3, 0.4) is 0 Å². The van der Waals surface area contributed by atoms with Gasteiger partial charge in [0.2, 0.25) is 0 Å².